The largest absolute Gasteiger partial charge is 0.383 e. The summed E-state index contributed by atoms with van der Waals surface area (Å²) < 4.78 is 18.7. The molecule has 10 heteroatoms. The zero-order valence-corrected chi connectivity index (χ0v) is 15.8. The predicted molar refractivity (Wildman–Crippen MR) is 100 cm³/mol. The van der Waals surface area contributed by atoms with Gasteiger partial charge in [-0.2, -0.15) is 4.98 Å². The summed E-state index contributed by atoms with van der Waals surface area (Å²) in [5.74, 6) is 0.0310. The van der Waals surface area contributed by atoms with Gasteiger partial charge in [-0.05, 0) is 12.1 Å². The van der Waals surface area contributed by atoms with Gasteiger partial charge >= 0.3 is 0 Å². The highest BCUT2D eigenvalue weighted by molar-refractivity contribution is 6.43. The molecule has 7 nitrogen and oxygen atoms in total. The minimum absolute atomic E-state index is 0.0825. The first-order valence-electron chi connectivity index (χ1n) is 8.11. The van der Waals surface area contributed by atoms with E-state index in [0.29, 0.717) is 12.6 Å². The van der Waals surface area contributed by atoms with Crippen molar-refractivity contribution in [3.63, 3.8) is 0 Å². The van der Waals surface area contributed by atoms with Crippen molar-refractivity contribution in [1.29, 1.82) is 0 Å². The summed E-state index contributed by atoms with van der Waals surface area (Å²) in [7, 11) is 1.69. The molecule has 0 amide bonds. The van der Waals surface area contributed by atoms with E-state index in [2.05, 4.69) is 20.1 Å². The third-order valence-electron chi connectivity index (χ3n) is 4.22. The Morgan fingerprint density at radius 3 is 2.58 bits per heavy atom. The molecular weight excluding hydrogens is 382 g/mol. The number of hydrogen-bond donors (Lipinski definition) is 1. The zero-order valence-electron chi connectivity index (χ0n) is 14.3. The average Bonchev–Trinajstić information content (AvgIpc) is 2.63. The molecule has 1 saturated heterocycles. The number of methoxy groups -OCH3 is 1. The maximum atomic E-state index is 13.6. The van der Waals surface area contributed by atoms with Gasteiger partial charge in [0.15, 0.2) is 5.82 Å². The molecule has 0 spiro atoms. The molecule has 2 heterocycles. The number of nitrogen functional groups attached to an aromatic ring is 1. The van der Waals surface area contributed by atoms with Gasteiger partial charge in [0.25, 0.3) is 0 Å². The second-order valence-corrected chi connectivity index (χ2v) is 6.70. The van der Waals surface area contributed by atoms with Crippen LogP contribution in [0.2, 0.25) is 10.0 Å². The Morgan fingerprint density at radius 2 is 1.92 bits per heavy atom. The van der Waals surface area contributed by atoms with Gasteiger partial charge in [-0.3, -0.25) is 4.90 Å². The highest BCUT2D eigenvalue weighted by Gasteiger charge is 2.21. The summed E-state index contributed by atoms with van der Waals surface area (Å²) in [5, 5.41) is 8.50. The molecule has 2 aromatic rings. The van der Waals surface area contributed by atoms with Gasteiger partial charge in [0.2, 0.25) is 5.95 Å². The third kappa shape index (κ3) is 4.15. The molecule has 0 aliphatic carbocycles. The van der Waals surface area contributed by atoms with Crippen molar-refractivity contribution in [2.24, 2.45) is 0 Å². The number of rotatable bonds is 5. The highest BCUT2D eigenvalue weighted by atomic mass is 35.5. The van der Waals surface area contributed by atoms with Gasteiger partial charge in [-0.25, -0.2) is 4.39 Å². The number of nitrogens with zero attached hydrogens (tertiary/aromatic N) is 5. The standard InChI is InChI=1S/C16H19Cl2FN6O/c1-26-7-6-24-2-4-25(5-3-24)16-21-15(20)14(22-23-16)11-8-10(19)9-12(17)13(11)18/h8-9H,2-7H2,1H3,(H2,20,21,23). The molecule has 1 aromatic heterocycles. The first-order valence-corrected chi connectivity index (χ1v) is 8.86. The second-order valence-electron chi connectivity index (χ2n) is 5.92. The second kappa shape index (κ2) is 8.30. The minimum atomic E-state index is -0.535. The maximum absolute atomic E-state index is 13.6. The lowest BCUT2D eigenvalue weighted by atomic mass is 10.1. The lowest BCUT2D eigenvalue weighted by Crippen LogP contribution is -2.48. The molecule has 2 N–H and O–H groups in total. The molecule has 3 rings (SSSR count). The first kappa shape index (κ1) is 19.0. The molecule has 0 saturated carbocycles. The summed E-state index contributed by atoms with van der Waals surface area (Å²) >= 11 is 12.1. The smallest absolute Gasteiger partial charge is 0.247 e. The monoisotopic (exact) mass is 400 g/mol. The SMILES string of the molecule is COCCN1CCN(c2nnc(-c3cc(F)cc(Cl)c3Cl)c(N)n2)CC1. The Balaban J connectivity index is 1.77. The number of aromatic nitrogens is 3. The van der Waals surface area contributed by atoms with Crippen LogP contribution in [0.5, 0.6) is 0 Å². The van der Waals surface area contributed by atoms with Crippen LogP contribution < -0.4 is 10.6 Å². The maximum Gasteiger partial charge on any atom is 0.247 e. The van der Waals surface area contributed by atoms with Crippen LogP contribution in [0.25, 0.3) is 11.3 Å². The van der Waals surface area contributed by atoms with Crippen LogP contribution in [0.3, 0.4) is 0 Å². The topological polar surface area (TPSA) is 80.4 Å². The van der Waals surface area contributed by atoms with E-state index in [1.54, 1.807) is 7.11 Å². The summed E-state index contributed by atoms with van der Waals surface area (Å²) in [6.45, 7) is 4.87. The van der Waals surface area contributed by atoms with Crippen LogP contribution in [0.1, 0.15) is 0 Å². The first-order chi connectivity index (χ1) is 12.5. The Morgan fingerprint density at radius 1 is 1.19 bits per heavy atom. The van der Waals surface area contributed by atoms with Crippen molar-refractivity contribution in [2.75, 3.05) is 57.1 Å². The Hall–Kier alpha value is -1.74. The normalized spacial score (nSPS) is 15.5. The number of ether oxygens (including phenoxy) is 1. The summed E-state index contributed by atoms with van der Waals surface area (Å²) in [5.41, 5.74) is 6.51. The zero-order chi connectivity index (χ0) is 18.7. The summed E-state index contributed by atoms with van der Waals surface area (Å²) in [4.78, 5) is 8.64. The number of nitrogens with two attached hydrogens (primary N) is 1. The van der Waals surface area contributed by atoms with E-state index in [1.807, 2.05) is 4.90 Å². The molecule has 0 radical (unpaired) electrons. The number of anilines is 2. The quantitative estimate of drug-likeness (QED) is 0.771. The minimum Gasteiger partial charge on any atom is -0.383 e. The molecule has 1 aliphatic rings. The van der Waals surface area contributed by atoms with Crippen molar-refractivity contribution < 1.29 is 9.13 Å². The Kier molecular flexibility index (Phi) is 6.08. The molecule has 0 bridgehead atoms. The van der Waals surface area contributed by atoms with E-state index < -0.39 is 5.82 Å². The van der Waals surface area contributed by atoms with E-state index in [-0.39, 0.29) is 27.1 Å². The molecule has 140 valence electrons. The van der Waals surface area contributed by atoms with Gasteiger partial charge in [0.1, 0.15) is 11.5 Å². The van der Waals surface area contributed by atoms with Crippen LogP contribution in [0.15, 0.2) is 12.1 Å². The van der Waals surface area contributed by atoms with Crippen LogP contribution in [0.4, 0.5) is 16.2 Å². The molecule has 1 fully saturated rings. The average molecular weight is 401 g/mol. The number of hydrogen-bond acceptors (Lipinski definition) is 7. The van der Waals surface area contributed by atoms with Crippen molar-refractivity contribution in [3.05, 3.63) is 28.0 Å². The van der Waals surface area contributed by atoms with E-state index in [4.69, 9.17) is 33.7 Å². The van der Waals surface area contributed by atoms with Crippen LogP contribution in [-0.4, -0.2) is 66.5 Å². The van der Waals surface area contributed by atoms with Crippen molar-refractivity contribution in [3.8, 4) is 11.3 Å². The third-order valence-corrected chi connectivity index (χ3v) is 5.02. The van der Waals surface area contributed by atoms with Crippen LogP contribution in [-0.2, 0) is 4.74 Å². The number of benzene rings is 1. The van der Waals surface area contributed by atoms with E-state index >= 15 is 0 Å². The van der Waals surface area contributed by atoms with E-state index in [1.165, 1.54) is 6.07 Å². The van der Waals surface area contributed by atoms with E-state index in [9.17, 15) is 4.39 Å². The molecule has 0 atom stereocenters. The van der Waals surface area contributed by atoms with Gasteiger partial charge in [-0.1, -0.05) is 23.2 Å². The van der Waals surface area contributed by atoms with Crippen LogP contribution in [0, 0.1) is 5.82 Å². The Bertz CT molecular complexity index is 786. The molecule has 1 aliphatic heterocycles. The van der Waals surface area contributed by atoms with Crippen molar-refractivity contribution in [2.45, 2.75) is 0 Å². The summed E-state index contributed by atoms with van der Waals surface area (Å²) in [6.07, 6.45) is 0. The molecule has 0 unspecified atom stereocenters. The fraction of sp³-hybridized carbons (Fsp3) is 0.438. The van der Waals surface area contributed by atoms with Crippen molar-refractivity contribution in [1.82, 2.24) is 20.1 Å². The lowest BCUT2D eigenvalue weighted by molar-refractivity contribution is 0.143. The van der Waals surface area contributed by atoms with Gasteiger partial charge in [-0.15, -0.1) is 10.2 Å². The molecular formula is C16H19Cl2FN6O. The molecule has 26 heavy (non-hydrogen) atoms. The summed E-state index contributed by atoms with van der Waals surface area (Å²) in [6, 6.07) is 2.34. The number of halogens is 3. The van der Waals surface area contributed by atoms with Gasteiger partial charge < -0.3 is 15.4 Å². The van der Waals surface area contributed by atoms with Crippen molar-refractivity contribution >= 4 is 35.0 Å². The number of piperazine rings is 1. The van der Waals surface area contributed by atoms with Gasteiger partial charge in [0, 0.05) is 45.4 Å². The van der Waals surface area contributed by atoms with E-state index in [0.717, 1.165) is 38.8 Å². The predicted octanol–water partition coefficient (Wildman–Crippen LogP) is 2.34. The molecule has 1 aromatic carbocycles. The Labute approximate surface area is 160 Å². The lowest BCUT2D eigenvalue weighted by Gasteiger charge is -2.34. The van der Waals surface area contributed by atoms with Crippen LogP contribution >= 0.6 is 23.2 Å². The fourth-order valence-electron chi connectivity index (χ4n) is 2.77. The highest BCUT2D eigenvalue weighted by Crippen LogP contribution is 2.35. The fourth-order valence-corrected chi connectivity index (χ4v) is 3.18. The van der Waals surface area contributed by atoms with Gasteiger partial charge in [0.05, 0.1) is 16.7 Å².